The number of nitrogens with two attached hydrogens (primary N) is 1. The summed E-state index contributed by atoms with van der Waals surface area (Å²) in [6.07, 6.45) is -0.197. The molecule has 0 aliphatic rings. The Kier molecular flexibility index (Phi) is 4.39. The quantitative estimate of drug-likeness (QED) is 0.831. The van der Waals surface area contributed by atoms with Gasteiger partial charge in [-0.05, 0) is 31.5 Å². The molecule has 0 radical (unpaired) electrons. The van der Waals surface area contributed by atoms with E-state index in [1.54, 1.807) is 13.2 Å². The highest BCUT2D eigenvalue weighted by Crippen LogP contribution is 2.35. The number of hydrogen-bond donors (Lipinski definition) is 2. The highest BCUT2D eigenvalue weighted by molar-refractivity contribution is 6.32. The van der Waals surface area contributed by atoms with Crippen molar-refractivity contribution in [2.24, 2.45) is 5.73 Å². The van der Waals surface area contributed by atoms with E-state index in [1.807, 2.05) is 13.0 Å². The van der Waals surface area contributed by atoms with Crippen LogP contribution in [0.25, 0.3) is 0 Å². The molecule has 1 rings (SSSR count). The van der Waals surface area contributed by atoms with E-state index in [0.717, 1.165) is 5.56 Å². The summed E-state index contributed by atoms with van der Waals surface area (Å²) >= 11 is 6.13. The number of methoxy groups -OCH3 is 1. The first-order valence-electron chi connectivity index (χ1n) is 4.83. The van der Waals surface area contributed by atoms with Gasteiger partial charge >= 0.3 is 0 Å². The van der Waals surface area contributed by atoms with Crippen LogP contribution in [0.4, 0.5) is 0 Å². The fourth-order valence-corrected chi connectivity index (χ4v) is 1.76. The molecular formula is C11H16ClNO2. The van der Waals surface area contributed by atoms with Crippen molar-refractivity contribution in [3.8, 4) is 5.75 Å². The lowest BCUT2D eigenvalue weighted by atomic mass is 10.0. The SMILES string of the molecule is COc1ccc(C)c(Cl)c1C(O)CCN. The summed E-state index contributed by atoms with van der Waals surface area (Å²) in [5.41, 5.74) is 6.95. The van der Waals surface area contributed by atoms with Crippen molar-refractivity contribution in [3.63, 3.8) is 0 Å². The Morgan fingerprint density at radius 3 is 2.73 bits per heavy atom. The van der Waals surface area contributed by atoms with Crippen LogP contribution < -0.4 is 10.5 Å². The molecule has 0 aromatic heterocycles. The molecular weight excluding hydrogens is 214 g/mol. The Balaban J connectivity index is 3.17. The number of aliphatic hydroxyl groups excluding tert-OH is 1. The van der Waals surface area contributed by atoms with Crippen LogP contribution >= 0.6 is 11.6 Å². The number of rotatable bonds is 4. The summed E-state index contributed by atoms with van der Waals surface area (Å²) in [6, 6.07) is 3.66. The summed E-state index contributed by atoms with van der Waals surface area (Å²) in [5, 5.41) is 10.4. The average Bonchev–Trinajstić information content (AvgIpc) is 2.22. The van der Waals surface area contributed by atoms with Gasteiger partial charge in [0.15, 0.2) is 0 Å². The van der Waals surface area contributed by atoms with Crippen LogP contribution in [-0.2, 0) is 0 Å². The van der Waals surface area contributed by atoms with Crippen molar-refractivity contribution in [1.82, 2.24) is 0 Å². The van der Waals surface area contributed by atoms with Crippen LogP contribution in [0.3, 0.4) is 0 Å². The van der Waals surface area contributed by atoms with E-state index in [-0.39, 0.29) is 0 Å². The largest absolute Gasteiger partial charge is 0.496 e. The normalized spacial score (nSPS) is 12.6. The van der Waals surface area contributed by atoms with Crippen LogP contribution in [0.2, 0.25) is 5.02 Å². The molecule has 0 heterocycles. The summed E-state index contributed by atoms with van der Waals surface area (Å²) < 4.78 is 5.16. The van der Waals surface area contributed by atoms with Gasteiger partial charge in [-0.2, -0.15) is 0 Å². The number of halogens is 1. The lowest BCUT2D eigenvalue weighted by molar-refractivity contribution is 0.166. The first-order valence-corrected chi connectivity index (χ1v) is 5.20. The van der Waals surface area contributed by atoms with Gasteiger partial charge in [-0.15, -0.1) is 0 Å². The van der Waals surface area contributed by atoms with Crippen LogP contribution in [0.15, 0.2) is 12.1 Å². The fourth-order valence-electron chi connectivity index (χ4n) is 1.47. The van der Waals surface area contributed by atoms with Gasteiger partial charge in [0, 0.05) is 5.56 Å². The third kappa shape index (κ3) is 2.62. The Labute approximate surface area is 94.8 Å². The molecule has 1 aromatic carbocycles. The molecule has 0 aliphatic carbocycles. The lowest BCUT2D eigenvalue weighted by Gasteiger charge is -2.17. The van der Waals surface area contributed by atoms with E-state index < -0.39 is 6.10 Å². The van der Waals surface area contributed by atoms with Gasteiger partial charge in [-0.1, -0.05) is 17.7 Å². The second-order valence-corrected chi connectivity index (χ2v) is 3.78. The smallest absolute Gasteiger partial charge is 0.126 e. The molecule has 0 saturated carbocycles. The first-order chi connectivity index (χ1) is 7.11. The molecule has 0 fully saturated rings. The lowest BCUT2D eigenvalue weighted by Crippen LogP contribution is -2.09. The Bertz CT molecular complexity index is 342. The molecule has 0 saturated heterocycles. The van der Waals surface area contributed by atoms with E-state index in [4.69, 9.17) is 22.1 Å². The molecule has 4 heteroatoms. The van der Waals surface area contributed by atoms with Gasteiger partial charge < -0.3 is 15.6 Å². The third-order valence-electron chi connectivity index (χ3n) is 2.33. The number of aryl methyl sites for hydroxylation is 1. The number of hydrogen-bond acceptors (Lipinski definition) is 3. The third-order valence-corrected chi connectivity index (χ3v) is 2.83. The van der Waals surface area contributed by atoms with E-state index in [9.17, 15) is 5.11 Å². The van der Waals surface area contributed by atoms with Crippen LogP contribution in [0.1, 0.15) is 23.7 Å². The predicted molar refractivity (Wildman–Crippen MR) is 61.4 cm³/mol. The van der Waals surface area contributed by atoms with Gasteiger partial charge in [0.05, 0.1) is 18.2 Å². The highest BCUT2D eigenvalue weighted by atomic mass is 35.5. The summed E-state index contributed by atoms with van der Waals surface area (Å²) in [6.45, 7) is 2.30. The minimum Gasteiger partial charge on any atom is -0.496 e. The van der Waals surface area contributed by atoms with Crippen molar-refractivity contribution >= 4 is 11.6 Å². The topological polar surface area (TPSA) is 55.5 Å². The molecule has 1 atom stereocenters. The molecule has 0 spiro atoms. The monoisotopic (exact) mass is 229 g/mol. The zero-order valence-electron chi connectivity index (χ0n) is 8.96. The summed E-state index contributed by atoms with van der Waals surface area (Å²) in [7, 11) is 1.56. The van der Waals surface area contributed by atoms with Crippen molar-refractivity contribution in [2.45, 2.75) is 19.4 Å². The fraction of sp³-hybridized carbons (Fsp3) is 0.455. The van der Waals surface area contributed by atoms with E-state index in [2.05, 4.69) is 0 Å². The van der Waals surface area contributed by atoms with Gasteiger partial charge in [0.1, 0.15) is 5.75 Å². The van der Waals surface area contributed by atoms with Crippen LogP contribution in [0.5, 0.6) is 5.75 Å². The number of aliphatic hydroxyl groups is 1. The summed E-state index contributed by atoms with van der Waals surface area (Å²) in [5.74, 6) is 0.603. The molecule has 15 heavy (non-hydrogen) atoms. The highest BCUT2D eigenvalue weighted by Gasteiger charge is 2.17. The maximum absolute atomic E-state index is 9.89. The van der Waals surface area contributed by atoms with Crippen LogP contribution in [-0.4, -0.2) is 18.8 Å². The standard InChI is InChI=1S/C11H16ClNO2/c1-7-3-4-9(15-2)10(11(7)12)8(14)5-6-13/h3-4,8,14H,5-6,13H2,1-2H3. The molecule has 0 aliphatic heterocycles. The van der Waals surface area contributed by atoms with Crippen molar-refractivity contribution < 1.29 is 9.84 Å². The molecule has 0 amide bonds. The second kappa shape index (κ2) is 5.35. The second-order valence-electron chi connectivity index (χ2n) is 3.41. The van der Waals surface area contributed by atoms with E-state index in [0.29, 0.717) is 29.3 Å². The van der Waals surface area contributed by atoms with Crippen LogP contribution in [0, 0.1) is 6.92 Å². The average molecular weight is 230 g/mol. The van der Waals surface area contributed by atoms with Gasteiger partial charge in [-0.25, -0.2) is 0 Å². The maximum Gasteiger partial charge on any atom is 0.126 e. The Hall–Kier alpha value is -0.770. The van der Waals surface area contributed by atoms with Gasteiger partial charge in [0.2, 0.25) is 0 Å². The Morgan fingerprint density at radius 1 is 1.53 bits per heavy atom. The van der Waals surface area contributed by atoms with Crippen molar-refractivity contribution in [1.29, 1.82) is 0 Å². The predicted octanol–water partition coefficient (Wildman–Crippen LogP) is 2.04. The molecule has 0 bridgehead atoms. The molecule has 1 aromatic rings. The van der Waals surface area contributed by atoms with E-state index >= 15 is 0 Å². The van der Waals surface area contributed by atoms with Crippen molar-refractivity contribution in [2.75, 3.05) is 13.7 Å². The number of ether oxygens (including phenoxy) is 1. The zero-order chi connectivity index (χ0) is 11.4. The number of benzene rings is 1. The van der Waals surface area contributed by atoms with Gasteiger partial charge in [-0.3, -0.25) is 0 Å². The van der Waals surface area contributed by atoms with Gasteiger partial charge in [0.25, 0.3) is 0 Å². The minimum atomic E-state index is -0.669. The molecule has 84 valence electrons. The molecule has 3 nitrogen and oxygen atoms in total. The molecule has 1 unspecified atom stereocenters. The zero-order valence-corrected chi connectivity index (χ0v) is 9.71. The summed E-state index contributed by atoms with van der Waals surface area (Å²) in [4.78, 5) is 0. The minimum absolute atomic E-state index is 0.411. The van der Waals surface area contributed by atoms with E-state index in [1.165, 1.54) is 0 Å². The maximum atomic E-state index is 9.89. The first kappa shape index (κ1) is 12.3. The Morgan fingerprint density at radius 2 is 2.20 bits per heavy atom. The molecule has 3 N–H and O–H groups in total. The van der Waals surface area contributed by atoms with Crippen molar-refractivity contribution in [3.05, 3.63) is 28.3 Å².